The van der Waals surface area contributed by atoms with Crippen LogP contribution in [-0.4, -0.2) is 48.1 Å². The summed E-state index contributed by atoms with van der Waals surface area (Å²) in [7, 11) is 0. The van der Waals surface area contributed by atoms with Gasteiger partial charge < -0.3 is 15.4 Å². The quantitative estimate of drug-likeness (QED) is 0.462. The maximum Gasteiger partial charge on any atom is 0.191 e. The first-order valence-corrected chi connectivity index (χ1v) is 8.17. The van der Waals surface area contributed by atoms with E-state index >= 15 is 0 Å². The Morgan fingerprint density at radius 1 is 1.38 bits per heavy atom. The lowest BCUT2D eigenvalue weighted by molar-refractivity contribution is 0.228. The van der Waals surface area contributed by atoms with Gasteiger partial charge in [0.05, 0.1) is 6.54 Å². The van der Waals surface area contributed by atoms with E-state index in [1.54, 1.807) is 0 Å². The zero-order valence-electron chi connectivity index (χ0n) is 12.6. The first kappa shape index (κ1) is 18.4. The minimum atomic E-state index is 0. The second-order valence-electron chi connectivity index (χ2n) is 4.99. The maximum absolute atomic E-state index is 6.03. The van der Waals surface area contributed by atoms with Crippen molar-refractivity contribution in [1.29, 1.82) is 0 Å². The summed E-state index contributed by atoms with van der Waals surface area (Å²) in [5.74, 6) is 3.82. The Balaban J connectivity index is 0.00000220. The van der Waals surface area contributed by atoms with Crippen LogP contribution >= 0.6 is 35.7 Å². The molecule has 0 aliphatic carbocycles. The average molecular weight is 421 g/mol. The van der Waals surface area contributed by atoms with Gasteiger partial charge in [-0.05, 0) is 25.5 Å². The van der Waals surface area contributed by atoms with E-state index in [4.69, 9.17) is 10.5 Å². The molecule has 0 radical (unpaired) electrons. The lowest BCUT2D eigenvalue weighted by Crippen LogP contribution is -2.43. The standard InChI is InChI=1S/C15H23N3OS.HI/c1-12-5-3-4-6-14(12)19-13(2)11-17-15(16)18-7-9-20-10-8-18;/h3-6,13H,7-11H2,1-2H3,(H2,16,17);1H. The van der Waals surface area contributed by atoms with Crippen LogP contribution in [0.25, 0.3) is 0 Å². The number of aryl methyl sites for hydroxylation is 1. The second-order valence-corrected chi connectivity index (χ2v) is 6.22. The summed E-state index contributed by atoms with van der Waals surface area (Å²) in [5.41, 5.74) is 7.17. The molecule has 1 fully saturated rings. The zero-order chi connectivity index (χ0) is 14.4. The molecule has 1 atom stereocenters. The maximum atomic E-state index is 6.03. The Morgan fingerprint density at radius 3 is 2.71 bits per heavy atom. The molecule has 1 unspecified atom stereocenters. The summed E-state index contributed by atoms with van der Waals surface area (Å²) in [6.07, 6.45) is 0.0221. The van der Waals surface area contributed by atoms with Gasteiger partial charge in [-0.2, -0.15) is 11.8 Å². The Morgan fingerprint density at radius 2 is 2.05 bits per heavy atom. The fourth-order valence-corrected chi connectivity index (χ4v) is 2.96. The van der Waals surface area contributed by atoms with E-state index in [0.29, 0.717) is 12.5 Å². The van der Waals surface area contributed by atoms with Crippen LogP contribution in [0.1, 0.15) is 12.5 Å². The second kappa shape index (κ2) is 9.40. The van der Waals surface area contributed by atoms with E-state index in [9.17, 15) is 0 Å². The fraction of sp³-hybridized carbons (Fsp3) is 0.533. The number of benzene rings is 1. The summed E-state index contributed by atoms with van der Waals surface area (Å²) in [4.78, 5) is 6.61. The van der Waals surface area contributed by atoms with Crippen LogP contribution in [0.15, 0.2) is 29.3 Å². The summed E-state index contributed by atoms with van der Waals surface area (Å²) in [5, 5.41) is 0. The van der Waals surface area contributed by atoms with Crippen molar-refractivity contribution in [1.82, 2.24) is 4.90 Å². The van der Waals surface area contributed by atoms with Crippen LogP contribution in [0, 0.1) is 6.92 Å². The third kappa shape index (κ3) is 5.94. The van der Waals surface area contributed by atoms with E-state index in [2.05, 4.69) is 9.89 Å². The Hall–Kier alpha value is -0.630. The normalized spacial score (nSPS) is 17.0. The van der Waals surface area contributed by atoms with Crippen LogP contribution in [0.5, 0.6) is 5.75 Å². The predicted molar refractivity (Wildman–Crippen MR) is 102 cm³/mol. The molecule has 2 N–H and O–H groups in total. The molecule has 0 amide bonds. The molecule has 118 valence electrons. The molecule has 0 aromatic heterocycles. The molecule has 2 rings (SSSR count). The van der Waals surface area contributed by atoms with Gasteiger partial charge in [0.25, 0.3) is 0 Å². The minimum Gasteiger partial charge on any atom is -0.489 e. The van der Waals surface area contributed by atoms with E-state index in [-0.39, 0.29) is 30.1 Å². The third-order valence-electron chi connectivity index (χ3n) is 3.27. The van der Waals surface area contributed by atoms with Crippen LogP contribution in [0.4, 0.5) is 0 Å². The summed E-state index contributed by atoms with van der Waals surface area (Å²) in [6.45, 7) is 6.64. The van der Waals surface area contributed by atoms with Crippen molar-refractivity contribution >= 4 is 41.7 Å². The van der Waals surface area contributed by atoms with Gasteiger partial charge in [0.2, 0.25) is 0 Å². The van der Waals surface area contributed by atoms with Crippen molar-refractivity contribution in [2.24, 2.45) is 10.7 Å². The fourth-order valence-electron chi connectivity index (χ4n) is 2.06. The van der Waals surface area contributed by atoms with Gasteiger partial charge in [-0.25, -0.2) is 4.99 Å². The van der Waals surface area contributed by atoms with Gasteiger partial charge >= 0.3 is 0 Å². The molecule has 1 aromatic carbocycles. The zero-order valence-corrected chi connectivity index (χ0v) is 15.8. The van der Waals surface area contributed by atoms with Crippen LogP contribution in [0.3, 0.4) is 0 Å². The van der Waals surface area contributed by atoms with Gasteiger partial charge in [0.1, 0.15) is 11.9 Å². The minimum absolute atomic E-state index is 0. The number of nitrogens with two attached hydrogens (primary N) is 1. The molecule has 1 saturated heterocycles. The van der Waals surface area contributed by atoms with Crippen molar-refractivity contribution in [3.05, 3.63) is 29.8 Å². The summed E-state index contributed by atoms with van der Waals surface area (Å²) >= 11 is 1.97. The summed E-state index contributed by atoms with van der Waals surface area (Å²) in [6, 6.07) is 8.03. The summed E-state index contributed by atoms with van der Waals surface area (Å²) < 4.78 is 5.90. The first-order chi connectivity index (χ1) is 9.66. The number of hydrogen-bond acceptors (Lipinski definition) is 3. The van der Waals surface area contributed by atoms with E-state index < -0.39 is 0 Å². The van der Waals surface area contributed by atoms with E-state index in [0.717, 1.165) is 35.9 Å². The number of thioether (sulfide) groups is 1. The SMILES string of the molecule is Cc1ccccc1OC(C)CN=C(N)N1CCSCC1.I. The van der Waals surface area contributed by atoms with Gasteiger partial charge in [0, 0.05) is 24.6 Å². The van der Waals surface area contributed by atoms with Crippen LogP contribution in [0.2, 0.25) is 0 Å². The van der Waals surface area contributed by atoms with Crippen molar-refractivity contribution in [3.8, 4) is 5.75 Å². The first-order valence-electron chi connectivity index (χ1n) is 7.01. The molecule has 0 spiro atoms. The number of ether oxygens (including phenoxy) is 1. The molecule has 1 aliphatic rings. The van der Waals surface area contributed by atoms with Crippen molar-refractivity contribution in [2.75, 3.05) is 31.1 Å². The largest absolute Gasteiger partial charge is 0.489 e. The van der Waals surface area contributed by atoms with E-state index in [1.807, 2.05) is 49.9 Å². The monoisotopic (exact) mass is 421 g/mol. The molecule has 6 heteroatoms. The van der Waals surface area contributed by atoms with Crippen LogP contribution < -0.4 is 10.5 Å². The highest BCUT2D eigenvalue weighted by Gasteiger charge is 2.13. The molecular weight excluding hydrogens is 397 g/mol. The van der Waals surface area contributed by atoms with Crippen molar-refractivity contribution in [2.45, 2.75) is 20.0 Å². The molecule has 4 nitrogen and oxygen atoms in total. The van der Waals surface area contributed by atoms with Gasteiger partial charge in [-0.3, -0.25) is 0 Å². The Kier molecular flexibility index (Phi) is 8.24. The highest BCUT2D eigenvalue weighted by molar-refractivity contribution is 14.0. The van der Waals surface area contributed by atoms with Gasteiger partial charge in [-0.1, -0.05) is 18.2 Å². The number of halogens is 1. The molecular formula is C15H24IN3OS. The Labute approximate surface area is 148 Å². The van der Waals surface area contributed by atoms with Crippen LogP contribution in [-0.2, 0) is 0 Å². The number of aliphatic imine (C=N–C) groups is 1. The smallest absolute Gasteiger partial charge is 0.191 e. The molecule has 0 bridgehead atoms. The number of hydrogen-bond donors (Lipinski definition) is 1. The highest BCUT2D eigenvalue weighted by atomic mass is 127. The lowest BCUT2D eigenvalue weighted by Gasteiger charge is -2.27. The number of para-hydroxylation sites is 1. The molecule has 1 aromatic rings. The highest BCUT2D eigenvalue weighted by Crippen LogP contribution is 2.17. The Bertz CT molecular complexity index is 464. The molecule has 21 heavy (non-hydrogen) atoms. The number of guanidine groups is 1. The average Bonchev–Trinajstić information content (AvgIpc) is 2.48. The van der Waals surface area contributed by atoms with Crippen molar-refractivity contribution in [3.63, 3.8) is 0 Å². The van der Waals surface area contributed by atoms with Crippen molar-refractivity contribution < 1.29 is 4.74 Å². The molecule has 0 saturated carbocycles. The van der Waals surface area contributed by atoms with Gasteiger partial charge in [-0.15, -0.1) is 24.0 Å². The molecule has 1 heterocycles. The predicted octanol–water partition coefficient (Wildman–Crippen LogP) is 2.74. The molecule has 1 aliphatic heterocycles. The van der Waals surface area contributed by atoms with Gasteiger partial charge in [0.15, 0.2) is 5.96 Å². The third-order valence-corrected chi connectivity index (χ3v) is 4.21. The number of rotatable bonds is 4. The lowest BCUT2D eigenvalue weighted by atomic mass is 10.2. The topological polar surface area (TPSA) is 50.9 Å². The number of nitrogens with zero attached hydrogens (tertiary/aromatic N) is 2. The van der Waals surface area contributed by atoms with E-state index in [1.165, 1.54) is 0 Å².